The second-order valence-electron chi connectivity index (χ2n) is 8.09. The molecule has 0 aliphatic carbocycles. The molecule has 1 amide bonds. The Balaban J connectivity index is 1.68. The topological polar surface area (TPSA) is 63.1 Å². The van der Waals surface area contributed by atoms with Crippen molar-refractivity contribution in [3.05, 3.63) is 71.7 Å². The Morgan fingerprint density at radius 3 is 2.77 bits per heavy atom. The van der Waals surface area contributed by atoms with Gasteiger partial charge in [0.15, 0.2) is 0 Å². The van der Waals surface area contributed by atoms with Crippen molar-refractivity contribution in [3.8, 4) is 11.1 Å². The molecule has 1 aliphatic heterocycles. The fourth-order valence-corrected chi connectivity index (χ4v) is 4.46. The number of fused-ring (bicyclic) bond motifs is 2. The van der Waals surface area contributed by atoms with Gasteiger partial charge in [-0.1, -0.05) is 24.3 Å². The molecule has 156 valence electrons. The summed E-state index contributed by atoms with van der Waals surface area (Å²) in [6.07, 6.45) is 6.02. The maximum absolute atomic E-state index is 12.4. The first-order valence-corrected chi connectivity index (χ1v) is 10.6. The Morgan fingerprint density at radius 2 is 2.00 bits per heavy atom. The number of hydrogen-bond acceptors (Lipinski definition) is 4. The van der Waals surface area contributed by atoms with E-state index in [4.69, 9.17) is 4.98 Å². The third kappa shape index (κ3) is 3.34. The van der Waals surface area contributed by atoms with Crippen LogP contribution in [0, 0.1) is 6.92 Å². The van der Waals surface area contributed by atoms with E-state index in [9.17, 15) is 4.79 Å². The summed E-state index contributed by atoms with van der Waals surface area (Å²) in [6.45, 7) is 3.01. The maximum Gasteiger partial charge on any atom is 0.269 e. The lowest BCUT2D eigenvalue weighted by Gasteiger charge is -2.32. The van der Waals surface area contributed by atoms with E-state index in [0.29, 0.717) is 5.69 Å². The average molecular weight is 412 g/mol. The highest BCUT2D eigenvalue weighted by Gasteiger charge is 2.24. The zero-order valence-electron chi connectivity index (χ0n) is 18.0. The second kappa shape index (κ2) is 7.54. The van der Waals surface area contributed by atoms with E-state index in [1.165, 1.54) is 22.4 Å². The highest BCUT2D eigenvalue weighted by Crippen LogP contribution is 2.39. The minimum atomic E-state index is -0.174. The zero-order valence-corrected chi connectivity index (χ0v) is 18.0. The predicted octanol–water partition coefficient (Wildman–Crippen LogP) is 4.39. The van der Waals surface area contributed by atoms with Crippen LogP contribution in [0.25, 0.3) is 21.9 Å². The molecule has 6 nitrogen and oxygen atoms in total. The molecule has 2 aromatic heterocycles. The number of hydrogen-bond donors (Lipinski definition) is 1. The SMILES string of the molecule is CNC(=O)c1cc2ccccc2c(N2CCCc3cc(-c4cnn(C)c4)c(C)cc32)n1. The molecular formula is C25H25N5O. The van der Waals surface area contributed by atoms with E-state index in [-0.39, 0.29) is 5.91 Å². The molecule has 2 aromatic carbocycles. The first kappa shape index (κ1) is 19.3. The van der Waals surface area contributed by atoms with Crippen LogP contribution in [0.2, 0.25) is 0 Å². The van der Waals surface area contributed by atoms with Gasteiger partial charge in [-0.15, -0.1) is 0 Å². The van der Waals surface area contributed by atoms with Crippen LogP contribution in [0.4, 0.5) is 11.5 Å². The number of benzene rings is 2. The standard InChI is InChI=1S/C25H25N5O/c1-16-11-23-18(12-21(16)19-14-27-29(3)15-19)8-6-10-30(23)24-20-9-5-4-7-17(20)13-22(28-24)25(31)26-2/h4-5,7,9,11-15H,6,8,10H2,1-3H3,(H,26,31). The van der Waals surface area contributed by atoms with Crippen molar-refractivity contribution in [3.63, 3.8) is 0 Å². The van der Waals surface area contributed by atoms with Crippen LogP contribution < -0.4 is 10.2 Å². The van der Waals surface area contributed by atoms with Gasteiger partial charge in [-0.3, -0.25) is 9.48 Å². The minimum absolute atomic E-state index is 0.174. The first-order valence-electron chi connectivity index (χ1n) is 10.6. The van der Waals surface area contributed by atoms with E-state index in [1.807, 2.05) is 42.2 Å². The van der Waals surface area contributed by atoms with Crippen LogP contribution in [-0.4, -0.2) is 34.3 Å². The summed E-state index contributed by atoms with van der Waals surface area (Å²) in [5.74, 6) is 0.665. The molecule has 0 spiro atoms. The third-order valence-corrected chi connectivity index (χ3v) is 6.00. The van der Waals surface area contributed by atoms with Crippen LogP contribution in [0.1, 0.15) is 28.0 Å². The first-order chi connectivity index (χ1) is 15.0. The number of aryl methyl sites for hydroxylation is 3. The van der Waals surface area contributed by atoms with Gasteiger partial charge in [0.25, 0.3) is 5.91 Å². The number of carbonyl (C=O) groups is 1. The van der Waals surface area contributed by atoms with Crippen LogP contribution >= 0.6 is 0 Å². The van der Waals surface area contributed by atoms with Gasteiger partial charge in [-0.25, -0.2) is 4.98 Å². The Hall–Kier alpha value is -3.67. The molecule has 0 unspecified atom stereocenters. The van der Waals surface area contributed by atoms with Crippen molar-refractivity contribution in [2.24, 2.45) is 7.05 Å². The van der Waals surface area contributed by atoms with E-state index in [2.05, 4.69) is 46.6 Å². The molecule has 1 aliphatic rings. The van der Waals surface area contributed by atoms with Crippen LogP contribution in [0.15, 0.2) is 54.9 Å². The lowest BCUT2D eigenvalue weighted by molar-refractivity contribution is 0.0958. The molecule has 0 fully saturated rings. The Bertz CT molecular complexity index is 1310. The number of pyridine rings is 1. The minimum Gasteiger partial charge on any atom is -0.354 e. The summed E-state index contributed by atoms with van der Waals surface area (Å²) >= 11 is 0. The molecule has 5 rings (SSSR count). The largest absolute Gasteiger partial charge is 0.354 e. The molecule has 0 saturated carbocycles. The summed E-state index contributed by atoms with van der Waals surface area (Å²) in [5, 5.41) is 9.11. The lowest BCUT2D eigenvalue weighted by atomic mass is 9.93. The molecule has 0 bridgehead atoms. The van der Waals surface area contributed by atoms with Crippen molar-refractivity contribution >= 4 is 28.2 Å². The molecule has 4 aromatic rings. The molecule has 0 atom stereocenters. The van der Waals surface area contributed by atoms with Crippen molar-refractivity contribution < 1.29 is 4.79 Å². The highest BCUT2D eigenvalue weighted by atomic mass is 16.1. The Kier molecular flexibility index (Phi) is 4.70. The van der Waals surface area contributed by atoms with Gasteiger partial charge in [-0.2, -0.15) is 5.10 Å². The van der Waals surface area contributed by atoms with Crippen molar-refractivity contribution in [2.75, 3.05) is 18.5 Å². The van der Waals surface area contributed by atoms with Gasteiger partial charge >= 0.3 is 0 Å². The molecule has 6 heteroatoms. The van der Waals surface area contributed by atoms with Crippen LogP contribution in [0.3, 0.4) is 0 Å². The summed E-state index contributed by atoms with van der Waals surface area (Å²) in [4.78, 5) is 19.5. The third-order valence-electron chi connectivity index (χ3n) is 6.00. The van der Waals surface area contributed by atoms with Gasteiger partial charge in [0.05, 0.1) is 6.20 Å². The number of carbonyl (C=O) groups excluding carboxylic acids is 1. The summed E-state index contributed by atoms with van der Waals surface area (Å²) < 4.78 is 1.83. The zero-order chi connectivity index (χ0) is 21.5. The van der Waals surface area contributed by atoms with Crippen molar-refractivity contribution in [2.45, 2.75) is 19.8 Å². The molecule has 3 heterocycles. The van der Waals surface area contributed by atoms with E-state index >= 15 is 0 Å². The van der Waals surface area contributed by atoms with E-state index < -0.39 is 0 Å². The Morgan fingerprint density at radius 1 is 1.16 bits per heavy atom. The predicted molar refractivity (Wildman–Crippen MR) is 124 cm³/mol. The van der Waals surface area contributed by atoms with Crippen LogP contribution in [0.5, 0.6) is 0 Å². The fourth-order valence-electron chi connectivity index (χ4n) is 4.46. The fraction of sp³-hybridized carbons (Fsp3) is 0.240. The smallest absolute Gasteiger partial charge is 0.269 e. The number of rotatable bonds is 3. The normalized spacial score (nSPS) is 13.3. The quantitative estimate of drug-likeness (QED) is 0.543. The summed E-state index contributed by atoms with van der Waals surface area (Å²) in [6, 6.07) is 14.5. The second-order valence-corrected chi connectivity index (χ2v) is 8.09. The van der Waals surface area contributed by atoms with Crippen LogP contribution in [-0.2, 0) is 13.5 Å². The molecule has 1 N–H and O–H groups in total. The van der Waals surface area contributed by atoms with E-state index in [0.717, 1.165) is 41.5 Å². The monoisotopic (exact) mass is 411 g/mol. The van der Waals surface area contributed by atoms with Gasteiger partial charge in [0, 0.05) is 43.5 Å². The highest BCUT2D eigenvalue weighted by molar-refractivity contribution is 6.01. The number of nitrogens with one attached hydrogen (secondary N) is 1. The van der Waals surface area contributed by atoms with Crippen molar-refractivity contribution in [1.29, 1.82) is 0 Å². The van der Waals surface area contributed by atoms with Gasteiger partial charge in [0.2, 0.25) is 0 Å². The molecular weight excluding hydrogens is 386 g/mol. The van der Waals surface area contributed by atoms with Crippen molar-refractivity contribution in [1.82, 2.24) is 20.1 Å². The van der Waals surface area contributed by atoms with Gasteiger partial charge in [-0.05, 0) is 60.0 Å². The number of aromatic nitrogens is 3. The average Bonchev–Trinajstić information content (AvgIpc) is 3.23. The molecule has 0 saturated heterocycles. The maximum atomic E-state index is 12.4. The number of amides is 1. The summed E-state index contributed by atoms with van der Waals surface area (Å²) in [7, 11) is 3.58. The molecule has 31 heavy (non-hydrogen) atoms. The Labute approximate surface area is 181 Å². The van der Waals surface area contributed by atoms with Gasteiger partial charge < -0.3 is 10.2 Å². The lowest BCUT2D eigenvalue weighted by Crippen LogP contribution is -2.27. The van der Waals surface area contributed by atoms with E-state index in [1.54, 1.807) is 7.05 Å². The van der Waals surface area contributed by atoms with Gasteiger partial charge in [0.1, 0.15) is 11.5 Å². The number of anilines is 2. The molecule has 0 radical (unpaired) electrons. The summed E-state index contributed by atoms with van der Waals surface area (Å²) in [5.41, 5.74) is 6.45. The number of nitrogens with zero attached hydrogens (tertiary/aromatic N) is 4.